The molecule has 0 saturated heterocycles. The average Bonchev–Trinajstić information content (AvgIpc) is 2.56. The molecule has 0 radical (unpaired) electrons. The van der Waals surface area contributed by atoms with E-state index in [1.807, 2.05) is 0 Å². The summed E-state index contributed by atoms with van der Waals surface area (Å²) < 4.78 is 34.8. The quantitative estimate of drug-likeness (QED) is 0.787. The molecule has 0 spiro atoms. The molecule has 1 aliphatic rings. The molecule has 2 rings (SSSR count). The van der Waals surface area contributed by atoms with E-state index in [4.69, 9.17) is 4.74 Å². The molecule has 0 atom stereocenters. The molecule has 0 fully saturated rings. The molecular weight excluding hydrogens is 354 g/mol. The fourth-order valence-corrected chi connectivity index (χ4v) is 3.59. The molecule has 8 heteroatoms. The number of methoxy groups -OCH3 is 1. The summed E-state index contributed by atoms with van der Waals surface area (Å²) in [4.78, 5) is 12.4. The van der Waals surface area contributed by atoms with E-state index in [-0.39, 0.29) is 23.7 Å². The first-order valence-electron chi connectivity index (χ1n) is 8.45. The van der Waals surface area contributed by atoms with Crippen LogP contribution in [0.3, 0.4) is 0 Å². The Kier molecular flexibility index (Phi) is 6.42. The first-order chi connectivity index (χ1) is 12.2. The van der Waals surface area contributed by atoms with Crippen molar-refractivity contribution in [3.8, 4) is 5.75 Å². The fourth-order valence-electron chi connectivity index (χ4n) is 2.50. The van der Waals surface area contributed by atoms with Crippen molar-refractivity contribution in [2.45, 2.75) is 33.7 Å². The van der Waals surface area contributed by atoms with E-state index < -0.39 is 10.2 Å². The number of amides is 1. The van der Waals surface area contributed by atoms with E-state index in [9.17, 15) is 13.2 Å². The van der Waals surface area contributed by atoms with Gasteiger partial charge in [0.05, 0.1) is 24.9 Å². The minimum absolute atomic E-state index is 0.0336. The highest BCUT2D eigenvalue weighted by atomic mass is 32.2. The van der Waals surface area contributed by atoms with Gasteiger partial charge < -0.3 is 10.1 Å². The Morgan fingerprint density at radius 2 is 2.00 bits per heavy atom. The summed E-state index contributed by atoms with van der Waals surface area (Å²) in [6, 6.07) is 7.13. The second kappa shape index (κ2) is 8.35. The minimum atomic E-state index is -3.89. The SMILES string of the molecule is COc1ccccc1CN1C=C(C(=O)NCCC(C)C)C(C)=NS1(=O)=O. The molecule has 0 bridgehead atoms. The second-order valence-electron chi connectivity index (χ2n) is 6.49. The van der Waals surface area contributed by atoms with Crippen LogP contribution in [-0.4, -0.2) is 38.0 Å². The Morgan fingerprint density at radius 1 is 1.31 bits per heavy atom. The van der Waals surface area contributed by atoms with Crippen LogP contribution in [0, 0.1) is 5.92 Å². The summed E-state index contributed by atoms with van der Waals surface area (Å²) >= 11 is 0. The smallest absolute Gasteiger partial charge is 0.344 e. The van der Waals surface area contributed by atoms with Crippen LogP contribution in [0.15, 0.2) is 40.4 Å². The van der Waals surface area contributed by atoms with Gasteiger partial charge in [-0.25, -0.2) is 0 Å². The number of nitrogens with zero attached hydrogens (tertiary/aromatic N) is 2. The highest BCUT2D eigenvalue weighted by Crippen LogP contribution is 2.24. The first-order valence-corrected chi connectivity index (χ1v) is 9.85. The zero-order chi connectivity index (χ0) is 19.3. The molecule has 0 saturated carbocycles. The molecule has 1 aromatic rings. The molecule has 0 aromatic heterocycles. The van der Waals surface area contributed by atoms with E-state index in [0.717, 1.165) is 10.7 Å². The lowest BCUT2D eigenvalue weighted by atomic mass is 10.1. The average molecular weight is 379 g/mol. The van der Waals surface area contributed by atoms with Crippen LogP contribution in [0.5, 0.6) is 5.75 Å². The van der Waals surface area contributed by atoms with Gasteiger partial charge in [-0.1, -0.05) is 32.0 Å². The summed E-state index contributed by atoms with van der Waals surface area (Å²) in [5.41, 5.74) is 1.12. The van der Waals surface area contributed by atoms with E-state index in [0.29, 0.717) is 23.8 Å². The molecule has 0 unspecified atom stereocenters. The number of benzene rings is 1. The van der Waals surface area contributed by atoms with Gasteiger partial charge in [-0.3, -0.25) is 9.10 Å². The number of ether oxygens (including phenoxy) is 1. The maximum atomic E-state index is 12.4. The maximum absolute atomic E-state index is 12.4. The summed E-state index contributed by atoms with van der Waals surface area (Å²) in [5, 5.41) is 2.81. The number of carbonyl (C=O) groups is 1. The number of hydrogen-bond donors (Lipinski definition) is 1. The molecule has 1 heterocycles. The molecule has 142 valence electrons. The zero-order valence-corrected chi connectivity index (χ0v) is 16.3. The van der Waals surface area contributed by atoms with Crippen molar-refractivity contribution in [2.24, 2.45) is 10.3 Å². The minimum Gasteiger partial charge on any atom is -0.496 e. The van der Waals surface area contributed by atoms with Crippen molar-refractivity contribution in [2.75, 3.05) is 13.7 Å². The van der Waals surface area contributed by atoms with Gasteiger partial charge in [-0.2, -0.15) is 8.42 Å². The third-order valence-corrected chi connectivity index (χ3v) is 5.31. The standard InChI is InChI=1S/C18H25N3O4S/c1-13(2)9-10-19-18(22)16-12-21(26(23,24)20-14(16)3)11-15-7-5-6-8-17(15)25-4/h5-8,12-13H,9-11H2,1-4H3,(H,19,22). The van der Waals surface area contributed by atoms with Crippen molar-refractivity contribution in [1.82, 2.24) is 9.62 Å². The largest absolute Gasteiger partial charge is 0.496 e. The van der Waals surface area contributed by atoms with Crippen molar-refractivity contribution in [1.29, 1.82) is 0 Å². The molecular formula is C18H25N3O4S. The van der Waals surface area contributed by atoms with Gasteiger partial charge in [0.2, 0.25) is 0 Å². The van der Waals surface area contributed by atoms with Gasteiger partial charge in [0.25, 0.3) is 5.91 Å². The zero-order valence-electron chi connectivity index (χ0n) is 15.5. The Bertz CT molecular complexity index is 829. The lowest BCUT2D eigenvalue weighted by molar-refractivity contribution is -0.117. The normalized spacial score (nSPS) is 16.1. The summed E-state index contributed by atoms with van der Waals surface area (Å²) in [7, 11) is -2.36. The van der Waals surface area contributed by atoms with Crippen LogP contribution >= 0.6 is 0 Å². The molecule has 26 heavy (non-hydrogen) atoms. The number of hydrogen-bond acceptors (Lipinski definition) is 4. The molecule has 1 amide bonds. The predicted octanol–water partition coefficient (Wildman–Crippen LogP) is 2.26. The lowest BCUT2D eigenvalue weighted by Gasteiger charge is -2.24. The van der Waals surface area contributed by atoms with Crippen molar-refractivity contribution in [3.63, 3.8) is 0 Å². The third-order valence-electron chi connectivity index (χ3n) is 3.98. The Morgan fingerprint density at radius 3 is 2.65 bits per heavy atom. The van der Waals surface area contributed by atoms with E-state index in [2.05, 4.69) is 23.6 Å². The predicted molar refractivity (Wildman–Crippen MR) is 101 cm³/mol. The lowest BCUT2D eigenvalue weighted by Crippen LogP contribution is -2.35. The van der Waals surface area contributed by atoms with Crippen LogP contribution in [0.25, 0.3) is 0 Å². The van der Waals surface area contributed by atoms with Crippen LogP contribution in [0.1, 0.15) is 32.8 Å². The number of carbonyl (C=O) groups excluding carboxylic acids is 1. The number of para-hydroxylation sites is 1. The molecule has 1 aliphatic heterocycles. The van der Waals surface area contributed by atoms with Gasteiger partial charge in [0.1, 0.15) is 5.75 Å². The first kappa shape index (κ1) is 20.0. The summed E-state index contributed by atoms with van der Waals surface area (Å²) in [6.07, 6.45) is 2.19. The Labute approximate surface area is 154 Å². The van der Waals surface area contributed by atoms with Crippen LogP contribution in [-0.2, 0) is 21.5 Å². The van der Waals surface area contributed by atoms with Crippen molar-refractivity contribution < 1.29 is 17.9 Å². The molecule has 7 nitrogen and oxygen atoms in total. The number of rotatable bonds is 7. The van der Waals surface area contributed by atoms with Gasteiger partial charge in [0, 0.05) is 18.3 Å². The van der Waals surface area contributed by atoms with Gasteiger partial charge in [-0.15, -0.1) is 4.40 Å². The third kappa shape index (κ3) is 4.85. The highest BCUT2D eigenvalue weighted by molar-refractivity contribution is 7.88. The molecule has 1 aromatic carbocycles. The topological polar surface area (TPSA) is 88.1 Å². The summed E-state index contributed by atoms with van der Waals surface area (Å²) in [6.45, 7) is 6.22. The number of nitrogens with one attached hydrogen (secondary N) is 1. The maximum Gasteiger partial charge on any atom is 0.344 e. The molecule has 1 N–H and O–H groups in total. The second-order valence-corrected chi connectivity index (χ2v) is 8.04. The van der Waals surface area contributed by atoms with E-state index >= 15 is 0 Å². The van der Waals surface area contributed by atoms with Crippen molar-refractivity contribution in [3.05, 3.63) is 41.6 Å². The van der Waals surface area contributed by atoms with Crippen LogP contribution in [0.2, 0.25) is 0 Å². The van der Waals surface area contributed by atoms with Crippen LogP contribution in [0.4, 0.5) is 0 Å². The van der Waals surface area contributed by atoms with Crippen molar-refractivity contribution >= 4 is 21.8 Å². The van der Waals surface area contributed by atoms with E-state index in [1.165, 1.54) is 20.2 Å². The Hall–Kier alpha value is -2.35. The van der Waals surface area contributed by atoms with Gasteiger partial charge >= 0.3 is 10.2 Å². The van der Waals surface area contributed by atoms with Gasteiger partial charge in [0.15, 0.2) is 0 Å². The van der Waals surface area contributed by atoms with Gasteiger partial charge in [-0.05, 0) is 25.3 Å². The fraction of sp³-hybridized carbons (Fsp3) is 0.444. The van der Waals surface area contributed by atoms with Crippen LogP contribution < -0.4 is 10.1 Å². The monoisotopic (exact) mass is 379 g/mol. The summed E-state index contributed by atoms with van der Waals surface area (Å²) in [5.74, 6) is 0.713. The van der Waals surface area contributed by atoms with E-state index in [1.54, 1.807) is 24.3 Å². The molecule has 0 aliphatic carbocycles. The Balaban J connectivity index is 2.24. The highest BCUT2D eigenvalue weighted by Gasteiger charge is 2.28.